The number of hydrogen-bond donors (Lipinski definition) is 0. The summed E-state index contributed by atoms with van der Waals surface area (Å²) in [6, 6.07) is 0. The van der Waals surface area contributed by atoms with Crippen molar-refractivity contribution < 1.29 is 18.7 Å². The number of allylic oxidation sites excluding steroid dienone is 1. The average molecular weight is 211 g/mol. The van der Waals surface area contributed by atoms with Gasteiger partial charge in [-0.05, 0) is 12.8 Å². The highest BCUT2D eigenvalue weighted by Crippen LogP contribution is 2.13. The van der Waals surface area contributed by atoms with Crippen molar-refractivity contribution >= 4 is 5.97 Å². The summed E-state index contributed by atoms with van der Waals surface area (Å²) in [6.45, 7) is 4.09. The van der Waals surface area contributed by atoms with Gasteiger partial charge in [0.15, 0.2) is 0 Å². The van der Waals surface area contributed by atoms with Crippen molar-refractivity contribution in [1.82, 2.24) is 4.98 Å². The number of carbonyl (C=O) groups is 1. The lowest BCUT2D eigenvalue weighted by molar-refractivity contribution is 0.0547. The van der Waals surface area contributed by atoms with E-state index in [9.17, 15) is 4.79 Å². The lowest BCUT2D eigenvalue weighted by atomic mass is 10.3. The monoisotopic (exact) mass is 211 g/mol. The molecule has 0 saturated heterocycles. The first kappa shape index (κ1) is 11.3. The van der Waals surface area contributed by atoms with Gasteiger partial charge in [-0.15, -0.1) is 6.58 Å². The van der Waals surface area contributed by atoms with Crippen LogP contribution in [0.3, 0.4) is 0 Å². The molecule has 0 radical (unpaired) electrons. The van der Waals surface area contributed by atoms with Gasteiger partial charge >= 0.3 is 17.8 Å². The van der Waals surface area contributed by atoms with E-state index in [4.69, 9.17) is 9.15 Å². The Morgan fingerprint density at radius 1 is 1.73 bits per heavy atom. The largest absolute Gasteiger partial charge is 0.464 e. The van der Waals surface area contributed by atoms with Crippen molar-refractivity contribution in [2.24, 2.45) is 0 Å². The van der Waals surface area contributed by atoms with E-state index in [1.165, 1.54) is 13.3 Å². The van der Waals surface area contributed by atoms with Crippen molar-refractivity contribution in [2.75, 3.05) is 13.7 Å². The maximum Gasteiger partial charge on any atom is 0.394 e. The molecule has 1 rings (SSSR count). The van der Waals surface area contributed by atoms with E-state index < -0.39 is 5.97 Å². The minimum Gasteiger partial charge on any atom is -0.464 e. The third-order valence-corrected chi connectivity index (χ3v) is 1.64. The quantitative estimate of drug-likeness (QED) is 0.408. The zero-order valence-corrected chi connectivity index (χ0v) is 8.56. The van der Waals surface area contributed by atoms with Crippen LogP contribution in [0.4, 0.5) is 0 Å². The van der Waals surface area contributed by atoms with E-state index in [0.717, 1.165) is 12.8 Å². The summed E-state index contributed by atoms with van der Waals surface area (Å²) in [5.41, 5.74) is 0. The van der Waals surface area contributed by atoms with Crippen LogP contribution in [0.15, 0.2) is 23.3 Å². The number of aromatic nitrogens is 1. The van der Waals surface area contributed by atoms with Crippen LogP contribution in [0, 0.1) is 0 Å². The van der Waals surface area contributed by atoms with Crippen LogP contribution < -0.4 is 4.74 Å². The molecule has 0 bridgehead atoms. The number of hydrogen-bond acceptors (Lipinski definition) is 5. The van der Waals surface area contributed by atoms with E-state index in [-0.39, 0.29) is 11.8 Å². The van der Waals surface area contributed by atoms with Gasteiger partial charge in [-0.2, -0.15) is 0 Å². The Hall–Kier alpha value is -1.78. The molecule has 0 fully saturated rings. The molecule has 82 valence electrons. The Morgan fingerprint density at radius 3 is 3.20 bits per heavy atom. The molecule has 0 atom stereocenters. The maximum absolute atomic E-state index is 11.0. The molecule has 0 aromatic carbocycles. The van der Waals surface area contributed by atoms with E-state index in [1.807, 2.05) is 6.08 Å². The highest BCUT2D eigenvalue weighted by atomic mass is 16.6. The average Bonchev–Trinajstić information content (AvgIpc) is 2.72. The number of unbranched alkanes of at least 4 members (excludes halogenated alkanes) is 1. The Labute approximate surface area is 87.7 Å². The van der Waals surface area contributed by atoms with Crippen LogP contribution >= 0.6 is 0 Å². The van der Waals surface area contributed by atoms with Crippen LogP contribution in [0.25, 0.3) is 0 Å². The Balaban J connectivity index is 2.39. The van der Waals surface area contributed by atoms with Gasteiger partial charge in [0.2, 0.25) is 0 Å². The number of ether oxygens (including phenoxy) is 2. The minimum absolute atomic E-state index is 0.101. The predicted molar refractivity (Wildman–Crippen MR) is 52.8 cm³/mol. The molecule has 0 spiro atoms. The summed E-state index contributed by atoms with van der Waals surface area (Å²) in [7, 11) is 1.26. The third-order valence-electron chi connectivity index (χ3n) is 1.64. The topological polar surface area (TPSA) is 61.6 Å². The van der Waals surface area contributed by atoms with Crippen LogP contribution in [0.2, 0.25) is 0 Å². The van der Waals surface area contributed by atoms with Gasteiger partial charge in [0, 0.05) is 0 Å². The number of nitrogens with zero attached hydrogens (tertiary/aromatic N) is 1. The lowest BCUT2D eigenvalue weighted by Crippen LogP contribution is -2.00. The normalized spacial score (nSPS) is 9.67. The van der Waals surface area contributed by atoms with Crippen molar-refractivity contribution in [2.45, 2.75) is 12.8 Å². The summed E-state index contributed by atoms with van der Waals surface area (Å²) in [5, 5.41) is 0. The number of rotatable bonds is 6. The fourth-order valence-corrected chi connectivity index (χ4v) is 0.908. The fourth-order valence-electron chi connectivity index (χ4n) is 0.908. The van der Waals surface area contributed by atoms with Gasteiger partial charge < -0.3 is 13.9 Å². The van der Waals surface area contributed by atoms with Crippen LogP contribution in [-0.4, -0.2) is 24.7 Å². The van der Waals surface area contributed by atoms with Gasteiger partial charge in [0.1, 0.15) is 6.20 Å². The highest BCUT2D eigenvalue weighted by Gasteiger charge is 2.13. The second kappa shape index (κ2) is 5.85. The lowest BCUT2D eigenvalue weighted by Gasteiger charge is -1.98. The molecule has 0 saturated carbocycles. The van der Waals surface area contributed by atoms with Crippen LogP contribution in [0.5, 0.6) is 5.95 Å². The second-order valence-corrected chi connectivity index (χ2v) is 2.76. The molecular formula is C10H13NO4. The van der Waals surface area contributed by atoms with E-state index in [0.29, 0.717) is 6.61 Å². The first-order chi connectivity index (χ1) is 7.27. The standard InChI is InChI=1S/C10H13NO4/c1-3-4-5-6-14-8-7-11-9(15-8)10(12)13-2/h3,7H,1,4-6H2,2H3. The number of methoxy groups -OCH3 is 1. The van der Waals surface area contributed by atoms with Crippen LogP contribution in [0.1, 0.15) is 23.5 Å². The van der Waals surface area contributed by atoms with Gasteiger partial charge in [0.25, 0.3) is 0 Å². The Bertz CT molecular complexity index is 332. The first-order valence-electron chi connectivity index (χ1n) is 4.55. The molecule has 1 aromatic rings. The Kier molecular flexibility index (Phi) is 4.40. The third kappa shape index (κ3) is 3.46. The molecule has 0 amide bonds. The minimum atomic E-state index is -0.615. The zero-order chi connectivity index (χ0) is 11.1. The summed E-state index contributed by atoms with van der Waals surface area (Å²) in [5.74, 6) is -0.494. The Morgan fingerprint density at radius 2 is 2.53 bits per heavy atom. The van der Waals surface area contributed by atoms with Crippen molar-refractivity contribution in [3.05, 3.63) is 24.7 Å². The van der Waals surface area contributed by atoms with E-state index in [1.54, 1.807) is 0 Å². The molecule has 15 heavy (non-hydrogen) atoms. The molecule has 0 aliphatic rings. The van der Waals surface area contributed by atoms with Gasteiger partial charge in [-0.25, -0.2) is 9.78 Å². The number of carbonyl (C=O) groups excluding carboxylic acids is 1. The maximum atomic E-state index is 11.0. The van der Waals surface area contributed by atoms with Crippen LogP contribution in [-0.2, 0) is 4.74 Å². The SMILES string of the molecule is C=CCCCOc1cnc(C(=O)OC)o1. The number of esters is 1. The van der Waals surface area contributed by atoms with E-state index >= 15 is 0 Å². The van der Waals surface area contributed by atoms with Gasteiger partial charge in [-0.1, -0.05) is 6.08 Å². The molecule has 0 aliphatic carbocycles. The highest BCUT2D eigenvalue weighted by molar-refractivity contribution is 5.84. The van der Waals surface area contributed by atoms with Crippen molar-refractivity contribution in [3.8, 4) is 5.95 Å². The summed E-state index contributed by atoms with van der Waals surface area (Å²) >= 11 is 0. The fraction of sp³-hybridized carbons (Fsp3) is 0.400. The molecule has 5 nitrogen and oxygen atoms in total. The molecule has 0 aliphatic heterocycles. The molecule has 0 N–H and O–H groups in total. The summed E-state index contributed by atoms with van der Waals surface area (Å²) in [6.07, 6.45) is 4.87. The van der Waals surface area contributed by atoms with E-state index in [2.05, 4.69) is 16.3 Å². The molecule has 1 aromatic heterocycles. The summed E-state index contributed by atoms with van der Waals surface area (Å²) < 4.78 is 14.6. The molecule has 0 unspecified atom stereocenters. The summed E-state index contributed by atoms with van der Waals surface area (Å²) in [4.78, 5) is 14.7. The zero-order valence-electron chi connectivity index (χ0n) is 8.56. The molecular weight excluding hydrogens is 198 g/mol. The molecule has 1 heterocycles. The van der Waals surface area contributed by atoms with Crippen molar-refractivity contribution in [1.29, 1.82) is 0 Å². The second-order valence-electron chi connectivity index (χ2n) is 2.76. The predicted octanol–water partition coefficient (Wildman–Crippen LogP) is 1.81. The smallest absolute Gasteiger partial charge is 0.394 e. The van der Waals surface area contributed by atoms with Crippen molar-refractivity contribution in [3.63, 3.8) is 0 Å². The molecule has 5 heteroatoms. The first-order valence-corrected chi connectivity index (χ1v) is 4.55. The van der Waals surface area contributed by atoms with Gasteiger partial charge in [0.05, 0.1) is 13.7 Å². The number of oxazole rings is 1. The van der Waals surface area contributed by atoms with Gasteiger partial charge in [-0.3, -0.25) is 0 Å².